The minimum Gasteiger partial charge on any atom is -0.454 e. The predicted octanol–water partition coefficient (Wildman–Crippen LogP) is 2.03. The summed E-state index contributed by atoms with van der Waals surface area (Å²) in [6, 6.07) is 8.30. The lowest BCUT2D eigenvalue weighted by atomic mass is 10.3. The zero-order valence-corrected chi connectivity index (χ0v) is 9.33. The van der Waals surface area contributed by atoms with Crippen LogP contribution in [0.1, 0.15) is 10.4 Å². The highest BCUT2D eigenvalue weighted by molar-refractivity contribution is 5.90. The Kier molecular flexibility index (Phi) is 2.57. The number of fused-ring (bicyclic) bond motifs is 1. The maximum atomic E-state index is 11.8. The normalized spacial score (nSPS) is 12.2. The number of carbonyl (C=O) groups excluding carboxylic acids is 1. The van der Waals surface area contributed by atoms with Crippen LogP contribution < -0.4 is 14.2 Å². The number of pyridine rings is 1. The SMILES string of the molecule is O=C(Oc1ccc2c(c1)OCO2)c1cccnc1. The summed E-state index contributed by atoms with van der Waals surface area (Å²) in [5.41, 5.74) is 0.398. The Hall–Kier alpha value is -2.56. The molecule has 0 saturated carbocycles. The highest BCUT2D eigenvalue weighted by Gasteiger charge is 2.15. The standard InChI is InChI=1S/C13H9NO4/c15-13(9-2-1-5-14-7-9)18-10-3-4-11-12(6-10)17-8-16-11/h1-7H,8H2. The number of hydrogen-bond donors (Lipinski definition) is 0. The van der Waals surface area contributed by atoms with E-state index in [4.69, 9.17) is 14.2 Å². The molecule has 0 N–H and O–H groups in total. The van der Waals surface area contributed by atoms with E-state index in [-0.39, 0.29) is 6.79 Å². The number of aromatic nitrogens is 1. The minimum atomic E-state index is -0.457. The second-order valence-electron chi connectivity index (χ2n) is 3.65. The van der Waals surface area contributed by atoms with Gasteiger partial charge in [-0.15, -0.1) is 0 Å². The summed E-state index contributed by atoms with van der Waals surface area (Å²) in [6.07, 6.45) is 3.05. The Bertz CT molecular complexity index is 583. The first-order valence-corrected chi connectivity index (χ1v) is 5.35. The number of hydrogen-bond acceptors (Lipinski definition) is 5. The quantitative estimate of drug-likeness (QED) is 0.596. The summed E-state index contributed by atoms with van der Waals surface area (Å²) >= 11 is 0. The molecule has 0 unspecified atom stereocenters. The van der Waals surface area contributed by atoms with Crippen LogP contribution in [0.15, 0.2) is 42.7 Å². The van der Waals surface area contributed by atoms with Gasteiger partial charge in [-0.1, -0.05) is 0 Å². The van der Waals surface area contributed by atoms with E-state index in [0.717, 1.165) is 0 Å². The van der Waals surface area contributed by atoms with Gasteiger partial charge in [0.15, 0.2) is 11.5 Å². The van der Waals surface area contributed by atoms with Crippen LogP contribution in [0, 0.1) is 0 Å². The Morgan fingerprint density at radius 2 is 2.11 bits per heavy atom. The third kappa shape index (κ3) is 1.98. The topological polar surface area (TPSA) is 57.7 Å². The van der Waals surface area contributed by atoms with Gasteiger partial charge in [0.1, 0.15) is 5.75 Å². The van der Waals surface area contributed by atoms with Crippen molar-refractivity contribution in [1.82, 2.24) is 4.98 Å². The van der Waals surface area contributed by atoms with Crippen molar-refractivity contribution in [3.8, 4) is 17.2 Å². The zero-order chi connectivity index (χ0) is 12.4. The van der Waals surface area contributed by atoms with Crippen molar-refractivity contribution in [3.63, 3.8) is 0 Å². The van der Waals surface area contributed by atoms with Crippen molar-refractivity contribution in [1.29, 1.82) is 0 Å². The summed E-state index contributed by atoms with van der Waals surface area (Å²) in [6.45, 7) is 0.190. The molecular formula is C13H9NO4. The highest BCUT2D eigenvalue weighted by atomic mass is 16.7. The van der Waals surface area contributed by atoms with Crippen LogP contribution in [0.2, 0.25) is 0 Å². The van der Waals surface area contributed by atoms with E-state index < -0.39 is 5.97 Å². The molecule has 0 saturated heterocycles. The molecule has 0 atom stereocenters. The van der Waals surface area contributed by atoms with Crippen LogP contribution in [-0.4, -0.2) is 17.7 Å². The highest BCUT2D eigenvalue weighted by Crippen LogP contribution is 2.35. The molecule has 5 nitrogen and oxygen atoms in total. The number of benzene rings is 1. The molecule has 0 bridgehead atoms. The maximum absolute atomic E-state index is 11.8. The summed E-state index contributed by atoms with van der Waals surface area (Å²) in [5.74, 6) is 1.18. The van der Waals surface area contributed by atoms with Crippen molar-refractivity contribution >= 4 is 5.97 Å². The third-order valence-electron chi connectivity index (χ3n) is 2.45. The van der Waals surface area contributed by atoms with Crippen LogP contribution in [0.4, 0.5) is 0 Å². The summed E-state index contributed by atoms with van der Waals surface area (Å²) in [7, 11) is 0. The molecule has 1 aliphatic rings. The van der Waals surface area contributed by atoms with E-state index in [2.05, 4.69) is 4.98 Å². The van der Waals surface area contributed by atoms with E-state index in [1.165, 1.54) is 6.20 Å². The Balaban J connectivity index is 1.79. The summed E-state index contributed by atoms with van der Waals surface area (Å²) in [5, 5.41) is 0. The van der Waals surface area contributed by atoms with Crippen LogP contribution in [0.5, 0.6) is 17.2 Å². The fraction of sp³-hybridized carbons (Fsp3) is 0.0769. The van der Waals surface area contributed by atoms with Crippen molar-refractivity contribution in [2.45, 2.75) is 0 Å². The van der Waals surface area contributed by atoms with E-state index in [1.807, 2.05) is 0 Å². The number of ether oxygens (including phenoxy) is 3. The lowest BCUT2D eigenvalue weighted by Gasteiger charge is -2.04. The van der Waals surface area contributed by atoms with Crippen LogP contribution in [-0.2, 0) is 0 Å². The first-order valence-electron chi connectivity index (χ1n) is 5.35. The third-order valence-corrected chi connectivity index (χ3v) is 2.45. The smallest absolute Gasteiger partial charge is 0.345 e. The molecule has 1 aromatic heterocycles. The number of carbonyl (C=O) groups is 1. The van der Waals surface area contributed by atoms with E-state index in [9.17, 15) is 4.79 Å². The molecular weight excluding hydrogens is 234 g/mol. The van der Waals surface area contributed by atoms with Crippen molar-refractivity contribution in [3.05, 3.63) is 48.3 Å². The number of nitrogens with zero attached hydrogens (tertiary/aromatic N) is 1. The van der Waals surface area contributed by atoms with Crippen LogP contribution >= 0.6 is 0 Å². The first kappa shape index (κ1) is 10.6. The van der Waals surface area contributed by atoms with Crippen molar-refractivity contribution in [2.24, 2.45) is 0 Å². The van der Waals surface area contributed by atoms with Gasteiger partial charge in [-0.3, -0.25) is 4.98 Å². The van der Waals surface area contributed by atoms with Gasteiger partial charge in [0.05, 0.1) is 5.56 Å². The minimum absolute atomic E-state index is 0.190. The molecule has 1 aliphatic heterocycles. The summed E-state index contributed by atoms with van der Waals surface area (Å²) < 4.78 is 15.6. The largest absolute Gasteiger partial charge is 0.454 e. The molecule has 0 spiro atoms. The maximum Gasteiger partial charge on any atom is 0.345 e. The van der Waals surface area contributed by atoms with Gasteiger partial charge in [-0.05, 0) is 24.3 Å². The zero-order valence-electron chi connectivity index (χ0n) is 9.33. The predicted molar refractivity (Wildman–Crippen MR) is 61.8 cm³/mol. The lowest BCUT2D eigenvalue weighted by molar-refractivity contribution is 0.0734. The van der Waals surface area contributed by atoms with Gasteiger partial charge in [-0.25, -0.2) is 4.79 Å². The monoisotopic (exact) mass is 243 g/mol. The van der Waals surface area contributed by atoms with Crippen LogP contribution in [0.25, 0.3) is 0 Å². The fourth-order valence-corrected chi connectivity index (χ4v) is 1.59. The second kappa shape index (κ2) is 4.37. The average molecular weight is 243 g/mol. The fourth-order valence-electron chi connectivity index (χ4n) is 1.59. The summed E-state index contributed by atoms with van der Waals surface area (Å²) in [4.78, 5) is 15.6. The van der Waals surface area contributed by atoms with Gasteiger partial charge in [0.2, 0.25) is 6.79 Å². The lowest BCUT2D eigenvalue weighted by Crippen LogP contribution is -2.08. The van der Waals surface area contributed by atoms with E-state index in [0.29, 0.717) is 22.8 Å². The molecule has 18 heavy (non-hydrogen) atoms. The van der Waals surface area contributed by atoms with Gasteiger partial charge in [0, 0.05) is 18.5 Å². The Morgan fingerprint density at radius 1 is 1.22 bits per heavy atom. The molecule has 0 fully saturated rings. The molecule has 2 heterocycles. The molecule has 90 valence electrons. The molecule has 5 heteroatoms. The molecule has 1 aromatic carbocycles. The molecule has 0 radical (unpaired) electrons. The second-order valence-corrected chi connectivity index (χ2v) is 3.65. The van der Waals surface area contributed by atoms with E-state index in [1.54, 1.807) is 36.5 Å². The van der Waals surface area contributed by atoms with Crippen LogP contribution in [0.3, 0.4) is 0 Å². The molecule has 0 aliphatic carbocycles. The molecule has 3 rings (SSSR count). The first-order chi connectivity index (χ1) is 8.83. The van der Waals surface area contributed by atoms with Gasteiger partial charge >= 0.3 is 5.97 Å². The Labute approximate surface area is 103 Å². The van der Waals surface area contributed by atoms with Crippen molar-refractivity contribution in [2.75, 3.05) is 6.79 Å². The number of rotatable bonds is 2. The molecule has 2 aromatic rings. The van der Waals surface area contributed by atoms with E-state index >= 15 is 0 Å². The molecule has 0 amide bonds. The van der Waals surface area contributed by atoms with Gasteiger partial charge in [0.25, 0.3) is 0 Å². The number of esters is 1. The van der Waals surface area contributed by atoms with Gasteiger partial charge in [-0.2, -0.15) is 0 Å². The average Bonchev–Trinajstić information content (AvgIpc) is 2.87. The Morgan fingerprint density at radius 3 is 2.94 bits per heavy atom. The van der Waals surface area contributed by atoms with Gasteiger partial charge < -0.3 is 14.2 Å². The van der Waals surface area contributed by atoms with Crippen molar-refractivity contribution < 1.29 is 19.0 Å².